The summed E-state index contributed by atoms with van der Waals surface area (Å²) >= 11 is 5.51. The molecule has 0 radical (unpaired) electrons. The van der Waals surface area contributed by atoms with E-state index in [9.17, 15) is 14.9 Å². The summed E-state index contributed by atoms with van der Waals surface area (Å²) < 4.78 is 14.2. The maximum atomic E-state index is 13.3. The summed E-state index contributed by atoms with van der Waals surface area (Å²) in [6, 6.07) is 11.7. The Hall–Kier alpha value is -3.39. The van der Waals surface area contributed by atoms with E-state index in [2.05, 4.69) is 60.5 Å². The minimum Gasteiger partial charge on any atom is -0.493 e. The molecule has 0 aliphatic rings. The Morgan fingerprint density at radius 3 is 2.73 bits per heavy atom. The number of fused-ring (bicyclic) bond motifs is 1. The molecule has 4 rings (SSSR count). The SMILES string of the molecule is CCCCc1nc2ccc(Br)cc2c(=O)n1N=Cc1cc(I)c(Oc2ccc([N+](=O)[O-])cn2)c(OC)c1. The van der Waals surface area contributed by atoms with E-state index in [1.807, 2.05) is 18.2 Å². The van der Waals surface area contributed by atoms with E-state index in [1.165, 1.54) is 23.9 Å². The molecule has 0 bridgehead atoms. The molecule has 37 heavy (non-hydrogen) atoms. The molecule has 0 fully saturated rings. The van der Waals surface area contributed by atoms with Gasteiger partial charge in [0.05, 0.1) is 32.7 Å². The van der Waals surface area contributed by atoms with Gasteiger partial charge in [0.2, 0.25) is 5.88 Å². The third kappa shape index (κ3) is 6.13. The molecule has 0 aliphatic carbocycles. The zero-order valence-corrected chi connectivity index (χ0v) is 23.6. The van der Waals surface area contributed by atoms with Crippen LogP contribution >= 0.6 is 38.5 Å². The quantitative estimate of drug-likeness (QED) is 0.0909. The predicted octanol–water partition coefficient (Wildman–Crippen LogP) is 6.09. The highest BCUT2D eigenvalue weighted by Gasteiger charge is 2.15. The molecule has 12 heteroatoms. The Morgan fingerprint density at radius 2 is 2.05 bits per heavy atom. The summed E-state index contributed by atoms with van der Waals surface area (Å²) in [6.07, 6.45) is 5.14. The molecule has 0 amide bonds. The molecule has 4 aromatic rings. The summed E-state index contributed by atoms with van der Waals surface area (Å²) in [5, 5.41) is 15.8. The van der Waals surface area contributed by atoms with Crippen LogP contribution < -0.4 is 15.0 Å². The normalized spacial score (nSPS) is 11.2. The molecule has 0 saturated heterocycles. The number of nitro groups is 1. The standard InChI is InChI=1S/C25H21BrIN5O5/c1-3-4-5-22-30-20-8-6-16(26)12-18(20)25(33)31(22)29-13-15-10-19(27)24(21(11-15)36-2)37-23-9-7-17(14-28-23)32(34)35/h6-14H,3-5H2,1-2H3. The summed E-state index contributed by atoms with van der Waals surface area (Å²) in [4.78, 5) is 32.3. The highest BCUT2D eigenvalue weighted by Crippen LogP contribution is 2.36. The highest BCUT2D eigenvalue weighted by atomic mass is 127. The second-order valence-electron chi connectivity index (χ2n) is 7.90. The molecule has 2 aromatic heterocycles. The first-order valence-corrected chi connectivity index (χ1v) is 13.1. The van der Waals surface area contributed by atoms with Crippen molar-refractivity contribution in [2.45, 2.75) is 26.2 Å². The Bertz CT molecular complexity index is 1560. The van der Waals surface area contributed by atoms with Gasteiger partial charge in [0.15, 0.2) is 11.5 Å². The first-order valence-electron chi connectivity index (χ1n) is 11.2. The van der Waals surface area contributed by atoms with E-state index in [0.717, 1.165) is 23.5 Å². The second kappa shape index (κ2) is 11.8. The van der Waals surface area contributed by atoms with Crippen molar-refractivity contribution in [3.8, 4) is 17.4 Å². The molecule has 10 nitrogen and oxygen atoms in total. The lowest BCUT2D eigenvalue weighted by molar-refractivity contribution is -0.385. The van der Waals surface area contributed by atoms with Crippen molar-refractivity contribution in [1.29, 1.82) is 0 Å². The van der Waals surface area contributed by atoms with E-state index < -0.39 is 4.92 Å². The van der Waals surface area contributed by atoms with E-state index in [4.69, 9.17) is 9.47 Å². The largest absolute Gasteiger partial charge is 0.493 e. The molecule has 0 atom stereocenters. The summed E-state index contributed by atoms with van der Waals surface area (Å²) in [6.45, 7) is 2.08. The van der Waals surface area contributed by atoms with E-state index in [1.54, 1.807) is 18.3 Å². The minimum atomic E-state index is -0.530. The van der Waals surface area contributed by atoms with Crippen LogP contribution in [0.2, 0.25) is 0 Å². The zero-order valence-electron chi connectivity index (χ0n) is 19.9. The lowest BCUT2D eigenvalue weighted by Crippen LogP contribution is -2.22. The Morgan fingerprint density at radius 1 is 1.24 bits per heavy atom. The van der Waals surface area contributed by atoms with Crippen LogP contribution in [0.5, 0.6) is 17.4 Å². The Kier molecular flexibility index (Phi) is 8.48. The maximum absolute atomic E-state index is 13.3. The Labute approximate surface area is 233 Å². The van der Waals surface area contributed by atoms with Crippen molar-refractivity contribution in [3.05, 3.63) is 88.6 Å². The summed E-state index contributed by atoms with van der Waals surface area (Å²) in [7, 11) is 1.50. The van der Waals surface area contributed by atoms with Crippen molar-refractivity contribution in [3.63, 3.8) is 0 Å². The van der Waals surface area contributed by atoms with Gasteiger partial charge in [0, 0.05) is 23.0 Å². The smallest absolute Gasteiger partial charge is 0.287 e. The summed E-state index contributed by atoms with van der Waals surface area (Å²) in [5.41, 5.74) is 0.917. The van der Waals surface area contributed by atoms with Crippen molar-refractivity contribution in [1.82, 2.24) is 14.6 Å². The number of rotatable bonds is 9. The molecular weight excluding hydrogens is 657 g/mol. The van der Waals surface area contributed by atoms with Crippen LogP contribution in [-0.2, 0) is 6.42 Å². The first kappa shape index (κ1) is 26.7. The van der Waals surface area contributed by atoms with Crippen molar-refractivity contribution in [2.75, 3.05) is 7.11 Å². The molecule has 2 heterocycles. The lowest BCUT2D eigenvalue weighted by Gasteiger charge is -2.13. The molecule has 0 N–H and O–H groups in total. The van der Waals surface area contributed by atoms with Crippen LogP contribution in [0.4, 0.5) is 5.69 Å². The maximum Gasteiger partial charge on any atom is 0.287 e. The van der Waals surface area contributed by atoms with Gasteiger partial charge in [-0.2, -0.15) is 9.78 Å². The van der Waals surface area contributed by atoms with Gasteiger partial charge in [-0.05, 0) is 64.9 Å². The number of halogens is 2. The van der Waals surface area contributed by atoms with Gasteiger partial charge in [-0.3, -0.25) is 14.9 Å². The fourth-order valence-electron chi connectivity index (χ4n) is 3.49. The number of pyridine rings is 1. The molecule has 0 spiro atoms. The van der Waals surface area contributed by atoms with Crippen molar-refractivity contribution < 1.29 is 14.4 Å². The molecule has 190 valence electrons. The number of aryl methyl sites for hydroxylation is 1. The first-order chi connectivity index (χ1) is 17.8. The van der Waals surface area contributed by atoms with Crippen molar-refractivity contribution >= 4 is 61.3 Å². The van der Waals surface area contributed by atoms with Crippen LogP contribution in [0, 0.1) is 13.7 Å². The van der Waals surface area contributed by atoms with Gasteiger partial charge in [-0.15, -0.1) is 0 Å². The van der Waals surface area contributed by atoms with Crippen LogP contribution in [0.25, 0.3) is 10.9 Å². The minimum absolute atomic E-state index is 0.135. The van der Waals surface area contributed by atoms with E-state index in [0.29, 0.717) is 43.8 Å². The highest BCUT2D eigenvalue weighted by molar-refractivity contribution is 14.1. The van der Waals surface area contributed by atoms with Crippen LogP contribution in [0.15, 0.2) is 63.0 Å². The van der Waals surface area contributed by atoms with Gasteiger partial charge in [0.1, 0.15) is 12.0 Å². The fraction of sp³-hybridized carbons (Fsp3) is 0.200. The van der Waals surface area contributed by atoms with E-state index in [-0.39, 0.29) is 17.1 Å². The molecule has 0 aliphatic heterocycles. The average molecular weight is 678 g/mol. The molecular formula is C25H21BrIN5O5. The zero-order chi connectivity index (χ0) is 26.5. The lowest BCUT2D eigenvalue weighted by atomic mass is 10.2. The number of hydrogen-bond donors (Lipinski definition) is 0. The van der Waals surface area contributed by atoms with Gasteiger partial charge < -0.3 is 9.47 Å². The average Bonchev–Trinajstić information content (AvgIpc) is 2.89. The topological polar surface area (TPSA) is 122 Å². The second-order valence-corrected chi connectivity index (χ2v) is 9.98. The number of benzene rings is 2. The number of aromatic nitrogens is 3. The third-order valence-corrected chi connectivity index (χ3v) is 6.64. The number of ether oxygens (including phenoxy) is 2. The summed E-state index contributed by atoms with van der Waals surface area (Å²) in [5.74, 6) is 1.58. The third-order valence-electron chi connectivity index (χ3n) is 5.34. The fourth-order valence-corrected chi connectivity index (χ4v) is 4.59. The number of methoxy groups -OCH3 is 1. The van der Waals surface area contributed by atoms with Gasteiger partial charge in [-0.25, -0.2) is 9.97 Å². The van der Waals surface area contributed by atoms with Gasteiger partial charge >= 0.3 is 0 Å². The van der Waals surface area contributed by atoms with Crippen molar-refractivity contribution in [2.24, 2.45) is 5.10 Å². The molecule has 2 aromatic carbocycles. The Balaban J connectivity index is 1.70. The van der Waals surface area contributed by atoms with Crippen LogP contribution in [0.1, 0.15) is 31.2 Å². The molecule has 0 unspecified atom stereocenters. The van der Waals surface area contributed by atoms with Crippen LogP contribution in [-0.4, -0.2) is 32.9 Å². The van der Waals surface area contributed by atoms with Gasteiger partial charge in [-0.1, -0.05) is 29.3 Å². The predicted molar refractivity (Wildman–Crippen MR) is 152 cm³/mol. The number of hydrogen-bond acceptors (Lipinski definition) is 8. The molecule has 0 saturated carbocycles. The number of nitrogens with zero attached hydrogens (tertiary/aromatic N) is 5. The van der Waals surface area contributed by atoms with Crippen LogP contribution in [0.3, 0.4) is 0 Å². The van der Waals surface area contributed by atoms with Gasteiger partial charge in [0.25, 0.3) is 11.2 Å². The monoisotopic (exact) mass is 677 g/mol. The van der Waals surface area contributed by atoms with E-state index >= 15 is 0 Å². The number of unbranched alkanes of at least 4 members (excludes halogenated alkanes) is 1.